The summed E-state index contributed by atoms with van der Waals surface area (Å²) < 4.78 is 6.26. The Morgan fingerprint density at radius 1 is 1.65 bits per heavy atom. The Morgan fingerprint density at radius 3 is 3.10 bits per heavy atom. The summed E-state index contributed by atoms with van der Waals surface area (Å²) >= 11 is 3.25. The van der Waals surface area contributed by atoms with Gasteiger partial charge in [-0.05, 0) is 22.0 Å². The molecule has 2 aliphatic heterocycles. The van der Waals surface area contributed by atoms with Crippen LogP contribution >= 0.6 is 15.9 Å². The zero-order valence-electron chi connectivity index (χ0n) is 10.3. The summed E-state index contributed by atoms with van der Waals surface area (Å²) in [5.74, 6) is -0.264. The third kappa shape index (κ3) is 2.39. The molecule has 0 aliphatic carbocycles. The van der Waals surface area contributed by atoms with Crippen molar-refractivity contribution < 1.29 is 19.4 Å². The molecule has 3 rings (SSSR count). The van der Waals surface area contributed by atoms with Gasteiger partial charge < -0.3 is 30.8 Å². The van der Waals surface area contributed by atoms with Gasteiger partial charge in [0.15, 0.2) is 12.0 Å². The Morgan fingerprint density at radius 2 is 2.45 bits per heavy atom. The Bertz CT molecular complexity index is 562. The maximum Gasteiger partial charge on any atom is 0.319 e. The molecular weight excluding hydrogens is 332 g/mol. The molecule has 0 unspecified atom stereocenters. The van der Waals surface area contributed by atoms with E-state index in [0.29, 0.717) is 5.69 Å². The van der Waals surface area contributed by atoms with E-state index in [4.69, 9.17) is 4.74 Å². The van der Waals surface area contributed by atoms with Crippen LogP contribution in [0.25, 0.3) is 0 Å². The summed E-state index contributed by atoms with van der Waals surface area (Å²) in [7, 11) is 0. The number of amides is 3. The van der Waals surface area contributed by atoms with Gasteiger partial charge in [0.25, 0.3) is 5.91 Å². The van der Waals surface area contributed by atoms with Gasteiger partial charge in [0, 0.05) is 23.6 Å². The van der Waals surface area contributed by atoms with E-state index in [1.165, 1.54) is 0 Å². The normalized spacial score (nSPS) is 31.6. The number of aromatic nitrogens is 1. The fourth-order valence-electron chi connectivity index (χ4n) is 2.35. The van der Waals surface area contributed by atoms with Crippen molar-refractivity contribution in [3.8, 4) is 0 Å². The molecule has 2 aliphatic rings. The first-order chi connectivity index (χ1) is 9.46. The molecule has 2 fully saturated rings. The van der Waals surface area contributed by atoms with Crippen LogP contribution in [0, 0.1) is 0 Å². The number of H-pyrrole nitrogens is 1. The number of carbonyl (C=O) groups is 2. The molecule has 1 aromatic rings. The van der Waals surface area contributed by atoms with E-state index in [-0.39, 0.29) is 25.0 Å². The molecule has 1 aromatic heterocycles. The largest absolute Gasteiger partial charge is 0.367 e. The van der Waals surface area contributed by atoms with E-state index >= 15 is 0 Å². The quantitative estimate of drug-likeness (QED) is 0.514. The minimum Gasteiger partial charge on any atom is -0.367 e. The lowest BCUT2D eigenvalue weighted by atomic mass is 10.1. The lowest BCUT2D eigenvalue weighted by molar-refractivity contribution is -0.0458. The highest BCUT2D eigenvalue weighted by atomic mass is 79.9. The van der Waals surface area contributed by atoms with Gasteiger partial charge in [-0.1, -0.05) is 0 Å². The van der Waals surface area contributed by atoms with E-state index in [0.717, 1.165) is 4.47 Å². The first kappa shape index (κ1) is 13.4. The zero-order valence-corrected chi connectivity index (χ0v) is 11.9. The number of halogens is 1. The molecule has 5 N–H and O–H groups in total. The lowest BCUT2D eigenvalue weighted by Gasteiger charge is -2.17. The maximum atomic E-state index is 11.8. The molecule has 0 spiro atoms. The summed E-state index contributed by atoms with van der Waals surface area (Å²) in [6.45, 7) is 0.242. The second-order valence-corrected chi connectivity index (χ2v) is 5.72. The van der Waals surface area contributed by atoms with Crippen LogP contribution in [-0.2, 0) is 4.74 Å². The van der Waals surface area contributed by atoms with Crippen molar-refractivity contribution in [2.24, 2.45) is 0 Å². The SMILES string of the molecule is O=C1N[C@@H]2O[C@@H](CNC(=O)c3cc(Br)c[nH]3)C[C@]2(O)N1. The standard InChI is InChI=1S/C11H13BrN4O4/c12-5-1-7(13-3-5)8(17)14-4-6-2-11(19)9(20-6)15-10(18)16-11/h1,3,6,9,13,19H,2,4H2,(H,14,17)(H2,15,16,18)/t6-,9-,11-/m1/s1. The Balaban J connectivity index is 1.53. The summed E-state index contributed by atoms with van der Waals surface area (Å²) in [4.78, 5) is 25.7. The van der Waals surface area contributed by atoms with Crippen LogP contribution in [0.2, 0.25) is 0 Å². The minimum absolute atomic E-state index is 0.213. The summed E-state index contributed by atoms with van der Waals surface area (Å²) in [5.41, 5.74) is -0.970. The predicted molar refractivity (Wildman–Crippen MR) is 70.7 cm³/mol. The van der Waals surface area contributed by atoms with Crippen LogP contribution < -0.4 is 16.0 Å². The van der Waals surface area contributed by atoms with Crippen LogP contribution in [0.3, 0.4) is 0 Å². The van der Waals surface area contributed by atoms with E-state index in [9.17, 15) is 14.7 Å². The fourth-order valence-corrected chi connectivity index (χ4v) is 2.69. The van der Waals surface area contributed by atoms with Gasteiger partial charge in [0.1, 0.15) is 5.69 Å². The van der Waals surface area contributed by atoms with E-state index < -0.39 is 18.0 Å². The molecule has 0 aromatic carbocycles. The topological polar surface area (TPSA) is 115 Å². The Hall–Kier alpha value is -1.58. The molecule has 3 heterocycles. The molecule has 2 saturated heterocycles. The predicted octanol–water partition coefficient (Wildman–Crippen LogP) is -0.377. The highest BCUT2D eigenvalue weighted by Crippen LogP contribution is 2.29. The Kier molecular flexibility index (Phi) is 3.19. The molecule has 3 amide bonds. The first-order valence-electron chi connectivity index (χ1n) is 6.05. The van der Waals surface area contributed by atoms with Gasteiger partial charge >= 0.3 is 6.03 Å². The fraction of sp³-hybridized carbons (Fsp3) is 0.455. The summed E-state index contributed by atoms with van der Waals surface area (Å²) in [6.07, 6.45) is 0.718. The highest BCUT2D eigenvalue weighted by Gasteiger charge is 2.53. The molecule has 108 valence electrons. The number of aromatic amines is 1. The van der Waals surface area contributed by atoms with E-state index in [1.54, 1.807) is 12.3 Å². The number of urea groups is 1. The highest BCUT2D eigenvalue weighted by molar-refractivity contribution is 9.10. The number of aliphatic hydroxyl groups is 1. The van der Waals surface area contributed by atoms with Crippen LogP contribution in [-0.4, -0.2) is 46.6 Å². The van der Waals surface area contributed by atoms with Crippen LogP contribution in [0.5, 0.6) is 0 Å². The third-order valence-electron chi connectivity index (χ3n) is 3.28. The number of carbonyl (C=O) groups excluding carboxylic acids is 2. The van der Waals surface area contributed by atoms with E-state index in [1.807, 2.05) is 0 Å². The number of ether oxygens (including phenoxy) is 1. The number of hydrogen-bond acceptors (Lipinski definition) is 4. The monoisotopic (exact) mass is 344 g/mol. The number of nitrogens with one attached hydrogen (secondary N) is 4. The van der Waals surface area contributed by atoms with Gasteiger partial charge in [0.05, 0.1) is 6.10 Å². The van der Waals surface area contributed by atoms with Gasteiger partial charge in [-0.25, -0.2) is 4.79 Å². The number of hydrogen-bond donors (Lipinski definition) is 5. The van der Waals surface area contributed by atoms with Crippen molar-refractivity contribution in [1.82, 2.24) is 20.9 Å². The third-order valence-corrected chi connectivity index (χ3v) is 3.73. The molecule has 3 atom stereocenters. The Labute approximate surface area is 122 Å². The first-order valence-corrected chi connectivity index (χ1v) is 6.84. The van der Waals surface area contributed by atoms with Gasteiger partial charge in [-0.3, -0.25) is 4.79 Å². The second-order valence-electron chi connectivity index (χ2n) is 4.81. The maximum absolute atomic E-state index is 11.8. The molecule has 0 bridgehead atoms. The van der Waals surface area contributed by atoms with Gasteiger partial charge in [-0.15, -0.1) is 0 Å². The number of rotatable bonds is 3. The molecule has 9 heteroatoms. The minimum atomic E-state index is -1.40. The smallest absolute Gasteiger partial charge is 0.319 e. The molecule has 8 nitrogen and oxygen atoms in total. The van der Waals surface area contributed by atoms with Crippen LogP contribution in [0.4, 0.5) is 4.79 Å². The lowest BCUT2D eigenvalue weighted by Crippen LogP contribution is -2.46. The molecule has 0 saturated carbocycles. The van der Waals surface area contributed by atoms with Crippen molar-refractivity contribution in [1.29, 1.82) is 0 Å². The summed E-state index contributed by atoms with van der Waals surface area (Å²) in [5, 5.41) is 17.7. The van der Waals surface area contributed by atoms with Gasteiger partial charge in [-0.2, -0.15) is 0 Å². The average Bonchev–Trinajstić information content (AvgIpc) is 2.98. The average molecular weight is 345 g/mol. The summed E-state index contributed by atoms with van der Waals surface area (Å²) in [6, 6.07) is 1.20. The van der Waals surface area contributed by atoms with Crippen molar-refractivity contribution >= 4 is 27.9 Å². The zero-order chi connectivity index (χ0) is 14.3. The van der Waals surface area contributed by atoms with Crippen molar-refractivity contribution in [3.63, 3.8) is 0 Å². The van der Waals surface area contributed by atoms with Crippen molar-refractivity contribution in [2.45, 2.75) is 24.5 Å². The second kappa shape index (κ2) is 4.76. The van der Waals surface area contributed by atoms with Crippen LogP contribution in [0.15, 0.2) is 16.7 Å². The molecule has 20 heavy (non-hydrogen) atoms. The molecular formula is C11H13BrN4O4. The van der Waals surface area contributed by atoms with Gasteiger partial charge in [0.2, 0.25) is 0 Å². The van der Waals surface area contributed by atoms with E-state index in [2.05, 4.69) is 36.9 Å². The van der Waals surface area contributed by atoms with Crippen LogP contribution in [0.1, 0.15) is 16.9 Å². The molecule has 0 radical (unpaired) electrons. The van der Waals surface area contributed by atoms with Crippen molar-refractivity contribution in [2.75, 3.05) is 6.54 Å². The number of fused-ring (bicyclic) bond motifs is 1. The van der Waals surface area contributed by atoms with Crippen molar-refractivity contribution in [3.05, 3.63) is 22.4 Å².